The number of ether oxygens (including phenoxy) is 1. The number of carboxylic acids is 1. The van der Waals surface area contributed by atoms with Crippen molar-refractivity contribution in [3.8, 4) is 5.75 Å². The number of carbonyl (C=O) groups excluding carboxylic acids is 1. The molecular weight excluding hydrogens is 532 g/mol. The van der Waals surface area contributed by atoms with Crippen molar-refractivity contribution in [3.63, 3.8) is 0 Å². The van der Waals surface area contributed by atoms with Crippen molar-refractivity contribution in [2.45, 2.75) is 31.7 Å². The van der Waals surface area contributed by atoms with E-state index in [1.807, 2.05) is 24.3 Å². The van der Waals surface area contributed by atoms with Crippen molar-refractivity contribution in [1.82, 2.24) is 5.32 Å². The topological polar surface area (TPSA) is 126 Å². The highest BCUT2D eigenvalue weighted by atomic mass is 35.5. The molecule has 3 aromatic carbocycles. The van der Waals surface area contributed by atoms with Gasteiger partial charge in [0.25, 0.3) is 6.04 Å². The van der Waals surface area contributed by atoms with Crippen LogP contribution in [0, 0.1) is 0 Å². The first-order valence-electron chi connectivity index (χ1n) is 12.0. The second-order valence-electron chi connectivity index (χ2n) is 8.57. The molecule has 1 amide bonds. The Balaban J connectivity index is 1.32. The SMILES string of the molecule is O=C(CCOc1ccc(Cl)cc1)NCCCCC(C(=O)O)[N+](c1ccc2oc3ccccc3c2c1)=S(=O)=O. The van der Waals surface area contributed by atoms with Crippen LogP contribution in [0.15, 0.2) is 71.1 Å². The molecule has 1 heterocycles. The van der Waals surface area contributed by atoms with Gasteiger partial charge in [0.2, 0.25) is 11.6 Å². The Morgan fingerprint density at radius 2 is 1.74 bits per heavy atom. The quantitative estimate of drug-likeness (QED) is 0.182. The average molecular weight is 558 g/mol. The minimum atomic E-state index is -2.82. The highest BCUT2D eigenvalue weighted by molar-refractivity contribution is 7.59. The van der Waals surface area contributed by atoms with Crippen LogP contribution in [0.5, 0.6) is 5.75 Å². The van der Waals surface area contributed by atoms with Gasteiger partial charge in [0.05, 0.1) is 13.0 Å². The van der Waals surface area contributed by atoms with Gasteiger partial charge in [-0.1, -0.05) is 33.7 Å². The van der Waals surface area contributed by atoms with Gasteiger partial charge in [-0.15, -0.1) is 8.42 Å². The molecule has 0 saturated carbocycles. The molecule has 9 nitrogen and oxygen atoms in total. The molecule has 1 atom stereocenters. The van der Waals surface area contributed by atoms with E-state index in [1.54, 1.807) is 36.4 Å². The Hall–Kier alpha value is -3.89. The zero-order chi connectivity index (χ0) is 27.1. The highest BCUT2D eigenvalue weighted by Gasteiger charge is 2.34. The summed E-state index contributed by atoms with van der Waals surface area (Å²) in [5.41, 5.74) is 1.47. The van der Waals surface area contributed by atoms with Crippen molar-refractivity contribution >= 4 is 61.6 Å². The van der Waals surface area contributed by atoms with Gasteiger partial charge in [0.15, 0.2) is 0 Å². The molecule has 4 rings (SSSR count). The summed E-state index contributed by atoms with van der Waals surface area (Å²) >= 11 is 5.83. The number of unbranched alkanes of at least 4 members (excludes halogenated alkanes) is 1. The van der Waals surface area contributed by atoms with Gasteiger partial charge in [-0.2, -0.15) is 0 Å². The zero-order valence-corrected chi connectivity index (χ0v) is 21.9. The van der Waals surface area contributed by atoms with E-state index in [9.17, 15) is 23.1 Å². The minimum Gasteiger partial charge on any atom is -0.493 e. The number of hydrogen-bond donors (Lipinski definition) is 2. The Morgan fingerprint density at radius 1 is 1.00 bits per heavy atom. The van der Waals surface area contributed by atoms with Crippen LogP contribution in [0.25, 0.3) is 21.9 Å². The Labute approximate surface area is 225 Å². The molecule has 2 N–H and O–H groups in total. The molecule has 0 bridgehead atoms. The van der Waals surface area contributed by atoms with Gasteiger partial charge in [-0.3, -0.25) is 4.79 Å². The number of benzene rings is 3. The molecule has 0 aliphatic rings. The summed E-state index contributed by atoms with van der Waals surface area (Å²) in [7, 11) is -2.82. The van der Waals surface area contributed by atoms with E-state index in [1.165, 1.54) is 6.07 Å². The fourth-order valence-corrected chi connectivity index (χ4v) is 4.95. The van der Waals surface area contributed by atoms with Gasteiger partial charge in [0.1, 0.15) is 16.9 Å². The normalized spacial score (nSPS) is 11.8. The molecule has 11 heteroatoms. The van der Waals surface area contributed by atoms with E-state index >= 15 is 0 Å². The maximum Gasteiger partial charge on any atom is 0.465 e. The summed E-state index contributed by atoms with van der Waals surface area (Å²) in [6.07, 6.45) is 1.11. The lowest BCUT2D eigenvalue weighted by atomic mass is 10.1. The van der Waals surface area contributed by atoms with Crippen LogP contribution in [-0.4, -0.2) is 48.5 Å². The molecule has 1 aromatic heterocycles. The van der Waals surface area contributed by atoms with Crippen LogP contribution in [-0.2, 0) is 20.1 Å². The van der Waals surface area contributed by atoms with E-state index in [4.69, 9.17) is 20.8 Å². The minimum absolute atomic E-state index is 0.0725. The third kappa shape index (κ3) is 6.70. The lowest BCUT2D eigenvalue weighted by molar-refractivity contribution is -0.450. The third-order valence-corrected chi connectivity index (χ3v) is 7.02. The number of carboxylic acid groups (broad SMARTS) is 1. The fourth-order valence-electron chi connectivity index (χ4n) is 4.13. The van der Waals surface area contributed by atoms with Crippen molar-refractivity contribution in [2.24, 2.45) is 0 Å². The summed E-state index contributed by atoms with van der Waals surface area (Å²) in [5, 5.41) is 14.7. The molecule has 0 spiro atoms. The summed E-state index contributed by atoms with van der Waals surface area (Å²) in [5.74, 6) is -0.839. The maximum atomic E-state index is 12.1. The van der Waals surface area contributed by atoms with Gasteiger partial charge in [0, 0.05) is 40.9 Å². The second kappa shape index (κ2) is 12.6. The predicted molar refractivity (Wildman–Crippen MR) is 142 cm³/mol. The molecule has 0 aliphatic heterocycles. The molecule has 0 aliphatic carbocycles. The van der Waals surface area contributed by atoms with E-state index in [0.717, 1.165) is 9.33 Å². The molecule has 4 aromatic rings. The number of fused-ring (bicyclic) bond motifs is 3. The zero-order valence-electron chi connectivity index (χ0n) is 20.3. The lowest BCUT2D eigenvalue weighted by Crippen LogP contribution is -2.31. The Bertz CT molecular complexity index is 1590. The number of halogens is 1. The molecule has 198 valence electrons. The van der Waals surface area contributed by atoms with Crippen LogP contribution in [0.1, 0.15) is 25.7 Å². The standard InChI is InChI=1S/C27H25ClN2O7S/c28-18-8-11-20(12-9-18)36-16-14-26(31)29-15-4-3-6-23(27(32)33)30(38(34)35)19-10-13-25-22(17-19)21-5-1-2-7-24(21)37-25/h1-2,5,7-13,17,23H,3-4,6,14-16H2,(H-,29,31,32,33)/p+1. The molecule has 1 unspecified atom stereocenters. The smallest absolute Gasteiger partial charge is 0.465 e. The first-order chi connectivity index (χ1) is 18.3. The summed E-state index contributed by atoms with van der Waals surface area (Å²) in [6.45, 7) is 0.536. The Morgan fingerprint density at radius 3 is 2.47 bits per heavy atom. The number of aliphatic carboxylic acids is 1. The number of hydrogen-bond acceptors (Lipinski definition) is 6. The number of furan rings is 1. The predicted octanol–water partition coefficient (Wildman–Crippen LogP) is 5.15. The number of nitrogens with zero attached hydrogens (tertiary/aromatic N) is 1. The number of amides is 1. The van der Waals surface area contributed by atoms with Crippen molar-refractivity contribution in [2.75, 3.05) is 13.2 Å². The van der Waals surface area contributed by atoms with Gasteiger partial charge < -0.3 is 19.6 Å². The van der Waals surface area contributed by atoms with E-state index in [0.29, 0.717) is 46.7 Å². The van der Waals surface area contributed by atoms with Crippen LogP contribution >= 0.6 is 11.6 Å². The molecule has 0 radical (unpaired) electrons. The van der Waals surface area contributed by atoms with Crippen molar-refractivity contribution in [1.29, 1.82) is 0 Å². The van der Waals surface area contributed by atoms with Crippen molar-refractivity contribution in [3.05, 3.63) is 71.8 Å². The number of para-hydroxylation sites is 1. The van der Waals surface area contributed by atoms with E-state index in [-0.39, 0.29) is 31.0 Å². The first kappa shape index (κ1) is 27.2. The van der Waals surface area contributed by atoms with E-state index in [2.05, 4.69) is 5.32 Å². The summed E-state index contributed by atoms with van der Waals surface area (Å²) in [6, 6.07) is 17.7. The largest absolute Gasteiger partial charge is 0.493 e. The highest BCUT2D eigenvalue weighted by Crippen LogP contribution is 2.32. The third-order valence-electron chi connectivity index (χ3n) is 5.98. The van der Waals surface area contributed by atoms with Crippen molar-refractivity contribution < 1.29 is 36.2 Å². The fraction of sp³-hybridized carbons (Fsp3) is 0.259. The van der Waals surface area contributed by atoms with Crippen LogP contribution in [0.4, 0.5) is 5.69 Å². The van der Waals surface area contributed by atoms with Crippen LogP contribution in [0.3, 0.4) is 0 Å². The lowest BCUT2D eigenvalue weighted by Gasteiger charge is -2.09. The van der Waals surface area contributed by atoms with Gasteiger partial charge in [-0.05, 0) is 49.2 Å². The molecule has 38 heavy (non-hydrogen) atoms. The Kier molecular flexibility index (Phi) is 8.98. The molecule has 0 fully saturated rings. The molecule has 0 saturated heterocycles. The average Bonchev–Trinajstić information content (AvgIpc) is 3.26. The van der Waals surface area contributed by atoms with E-state index < -0.39 is 22.5 Å². The van der Waals surface area contributed by atoms with Crippen LogP contribution in [0.2, 0.25) is 5.02 Å². The molecular formula is C27H26ClN2O7S+. The summed E-state index contributed by atoms with van der Waals surface area (Å²) in [4.78, 5) is 24.1. The number of carbonyl (C=O) groups is 2. The van der Waals surface area contributed by atoms with Gasteiger partial charge in [-0.25, -0.2) is 4.79 Å². The number of nitrogens with one attached hydrogen (secondary N) is 1. The first-order valence-corrected chi connectivity index (χ1v) is 13.4. The monoisotopic (exact) mass is 557 g/mol. The van der Waals surface area contributed by atoms with Crippen LogP contribution < -0.4 is 10.1 Å². The second-order valence-corrected chi connectivity index (χ2v) is 9.84. The van der Waals surface area contributed by atoms with Gasteiger partial charge >= 0.3 is 16.5 Å². The summed E-state index contributed by atoms with van der Waals surface area (Å²) < 4.78 is 36.4. The maximum absolute atomic E-state index is 12.1. The number of rotatable bonds is 12.